The second kappa shape index (κ2) is 1.78. The summed E-state index contributed by atoms with van der Waals surface area (Å²) in [5.74, 6) is 0.340. The molecular weight excluding hydrogens is 102 g/mol. The number of nitrogens with two attached hydrogens (primary N) is 1. The molecule has 42 valence electrons. The minimum atomic E-state index is 0.340. The van der Waals surface area contributed by atoms with Gasteiger partial charge in [-0.1, -0.05) is 6.08 Å². The Kier molecular flexibility index (Phi) is 1.12. The first-order valence-electron chi connectivity index (χ1n) is 2.37. The molecule has 3 N–H and O–H groups in total. The fraction of sp³-hybridized carbons (Fsp3) is 0.200. The summed E-state index contributed by atoms with van der Waals surface area (Å²) in [5, 5.41) is 7.09. The van der Waals surface area contributed by atoms with Gasteiger partial charge in [0.2, 0.25) is 0 Å². The largest absolute Gasteiger partial charge is 0.382 e. The topological polar surface area (TPSA) is 62.2 Å². The summed E-state index contributed by atoms with van der Waals surface area (Å²) >= 11 is 0. The molecule has 1 heterocycles. The Morgan fingerprint density at radius 2 is 2.50 bits per heavy atom. The van der Waals surface area contributed by atoms with E-state index in [1.165, 1.54) is 0 Å². The molecule has 0 bridgehead atoms. The Hall–Kier alpha value is -1.12. The zero-order chi connectivity index (χ0) is 5.98. The van der Waals surface area contributed by atoms with Crippen molar-refractivity contribution in [3.05, 3.63) is 12.3 Å². The van der Waals surface area contributed by atoms with Crippen molar-refractivity contribution in [1.29, 1.82) is 5.41 Å². The molecule has 0 saturated carbocycles. The molecule has 0 aliphatic carbocycles. The zero-order valence-corrected chi connectivity index (χ0v) is 4.39. The van der Waals surface area contributed by atoms with Crippen molar-refractivity contribution < 1.29 is 0 Å². The van der Waals surface area contributed by atoms with Gasteiger partial charge in [-0.3, -0.25) is 0 Å². The molecule has 0 spiro atoms. The lowest BCUT2D eigenvalue weighted by Gasteiger charge is -2.00. The Bertz CT molecular complexity index is 167. The second-order valence-electron chi connectivity index (χ2n) is 1.58. The average molecular weight is 109 g/mol. The number of hydrogen-bond donors (Lipinski definition) is 2. The SMILES string of the molecule is N=C1CC=CN=C1N. The fourth-order valence-electron chi connectivity index (χ4n) is 0.486. The summed E-state index contributed by atoms with van der Waals surface area (Å²) in [6.07, 6.45) is 4.04. The molecule has 1 rings (SSSR count). The van der Waals surface area contributed by atoms with Crippen molar-refractivity contribution in [3.63, 3.8) is 0 Å². The summed E-state index contributed by atoms with van der Waals surface area (Å²) < 4.78 is 0. The van der Waals surface area contributed by atoms with Crippen molar-refractivity contribution >= 4 is 11.5 Å². The maximum Gasteiger partial charge on any atom is 0.144 e. The van der Waals surface area contributed by atoms with Crippen molar-refractivity contribution in [2.24, 2.45) is 10.7 Å². The third kappa shape index (κ3) is 0.753. The molecule has 1 aliphatic rings. The number of aliphatic imine (C=N–C) groups is 1. The van der Waals surface area contributed by atoms with Crippen LogP contribution in [0.5, 0.6) is 0 Å². The highest BCUT2D eigenvalue weighted by molar-refractivity contribution is 6.40. The average Bonchev–Trinajstić information content (AvgIpc) is 1.77. The van der Waals surface area contributed by atoms with Gasteiger partial charge in [-0.25, -0.2) is 4.99 Å². The van der Waals surface area contributed by atoms with Gasteiger partial charge in [0.05, 0.1) is 5.71 Å². The normalized spacial score (nSPS) is 18.5. The molecule has 1 aliphatic heterocycles. The van der Waals surface area contributed by atoms with Gasteiger partial charge < -0.3 is 11.1 Å². The molecule has 0 saturated heterocycles. The van der Waals surface area contributed by atoms with Crippen LogP contribution in [0.1, 0.15) is 6.42 Å². The van der Waals surface area contributed by atoms with Gasteiger partial charge in [-0.2, -0.15) is 0 Å². The van der Waals surface area contributed by atoms with E-state index in [-0.39, 0.29) is 0 Å². The highest BCUT2D eigenvalue weighted by atomic mass is 14.9. The number of hydrogen-bond acceptors (Lipinski definition) is 3. The van der Waals surface area contributed by atoms with Crippen LogP contribution in [0.15, 0.2) is 17.3 Å². The number of nitrogens with one attached hydrogen (secondary N) is 1. The van der Waals surface area contributed by atoms with Gasteiger partial charge in [0.15, 0.2) is 0 Å². The van der Waals surface area contributed by atoms with Crippen LogP contribution in [0.25, 0.3) is 0 Å². The van der Waals surface area contributed by atoms with Gasteiger partial charge in [0.1, 0.15) is 5.84 Å². The van der Waals surface area contributed by atoms with E-state index in [1.807, 2.05) is 0 Å². The molecule has 3 nitrogen and oxygen atoms in total. The monoisotopic (exact) mass is 109 g/mol. The summed E-state index contributed by atoms with van der Waals surface area (Å²) in [7, 11) is 0. The van der Waals surface area contributed by atoms with Crippen LogP contribution >= 0.6 is 0 Å². The lowest BCUT2D eigenvalue weighted by atomic mass is 10.2. The highest BCUT2D eigenvalue weighted by Crippen LogP contribution is 1.93. The Morgan fingerprint density at radius 1 is 1.75 bits per heavy atom. The summed E-state index contributed by atoms with van der Waals surface area (Å²) in [5.41, 5.74) is 5.66. The second-order valence-corrected chi connectivity index (χ2v) is 1.58. The van der Waals surface area contributed by atoms with Crippen LogP contribution in [-0.4, -0.2) is 11.5 Å². The van der Waals surface area contributed by atoms with Crippen LogP contribution < -0.4 is 5.73 Å². The van der Waals surface area contributed by atoms with Gasteiger partial charge in [-0.15, -0.1) is 0 Å². The summed E-state index contributed by atoms with van der Waals surface area (Å²) in [6.45, 7) is 0. The third-order valence-corrected chi connectivity index (χ3v) is 0.950. The molecule has 0 unspecified atom stereocenters. The number of nitrogens with zero attached hydrogens (tertiary/aromatic N) is 1. The quantitative estimate of drug-likeness (QED) is 0.461. The first-order chi connectivity index (χ1) is 3.80. The smallest absolute Gasteiger partial charge is 0.144 e. The molecule has 8 heavy (non-hydrogen) atoms. The first-order valence-corrected chi connectivity index (χ1v) is 2.37. The molecule has 0 fully saturated rings. The number of rotatable bonds is 0. The minimum Gasteiger partial charge on any atom is -0.382 e. The van der Waals surface area contributed by atoms with Crippen LogP contribution in [0, 0.1) is 5.41 Å². The number of allylic oxidation sites excluding steroid dienone is 1. The van der Waals surface area contributed by atoms with Crippen molar-refractivity contribution in [1.82, 2.24) is 0 Å². The van der Waals surface area contributed by atoms with Gasteiger partial charge in [0.25, 0.3) is 0 Å². The minimum absolute atomic E-state index is 0.340. The van der Waals surface area contributed by atoms with Crippen LogP contribution in [-0.2, 0) is 0 Å². The molecule has 3 heteroatoms. The van der Waals surface area contributed by atoms with Crippen molar-refractivity contribution in [2.45, 2.75) is 6.42 Å². The molecule has 0 radical (unpaired) electrons. The molecule has 0 aromatic heterocycles. The Labute approximate surface area is 47.4 Å². The maximum atomic E-state index is 7.09. The van der Waals surface area contributed by atoms with E-state index in [0.29, 0.717) is 18.0 Å². The van der Waals surface area contributed by atoms with E-state index in [2.05, 4.69) is 4.99 Å². The van der Waals surface area contributed by atoms with Crippen LogP contribution in [0.3, 0.4) is 0 Å². The predicted molar refractivity (Wildman–Crippen MR) is 33.1 cm³/mol. The molecule has 0 amide bonds. The van der Waals surface area contributed by atoms with Crippen LogP contribution in [0.4, 0.5) is 0 Å². The highest BCUT2D eigenvalue weighted by Gasteiger charge is 2.00. The van der Waals surface area contributed by atoms with E-state index in [1.54, 1.807) is 12.3 Å². The lowest BCUT2D eigenvalue weighted by Crippen LogP contribution is -2.23. The zero-order valence-electron chi connectivity index (χ0n) is 4.39. The molecule has 0 aromatic rings. The number of amidine groups is 1. The lowest BCUT2D eigenvalue weighted by molar-refractivity contribution is 1.32. The van der Waals surface area contributed by atoms with E-state index >= 15 is 0 Å². The standard InChI is InChI=1S/C5H7N3/c6-4-2-1-3-8-5(4)7/h1,3,6H,2H2,(H2,7,8). The predicted octanol–water partition coefficient (Wildman–Crippen LogP) is 0.281. The van der Waals surface area contributed by atoms with Gasteiger partial charge in [-0.05, 0) is 0 Å². The molecule has 0 aromatic carbocycles. The first kappa shape index (κ1) is 5.03. The van der Waals surface area contributed by atoms with E-state index in [4.69, 9.17) is 11.1 Å². The maximum absolute atomic E-state index is 7.09. The van der Waals surface area contributed by atoms with E-state index in [9.17, 15) is 0 Å². The van der Waals surface area contributed by atoms with E-state index < -0.39 is 0 Å². The van der Waals surface area contributed by atoms with Gasteiger partial charge in [0, 0.05) is 12.6 Å². The molecule has 0 atom stereocenters. The molecular formula is C5H7N3. The van der Waals surface area contributed by atoms with Crippen molar-refractivity contribution in [2.75, 3.05) is 0 Å². The van der Waals surface area contributed by atoms with E-state index in [0.717, 1.165) is 0 Å². The summed E-state index contributed by atoms with van der Waals surface area (Å²) in [4.78, 5) is 3.70. The van der Waals surface area contributed by atoms with Crippen LogP contribution in [0.2, 0.25) is 0 Å². The van der Waals surface area contributed by atoms with Crippen molar-refractivity contribution in [3.8, 4) is 0 Å². The Morgan fingerprint density at radius 3 is 2.88 bits per heavy atom. The third-order valence-electron chi connectivity index (χ3n) is 0.950. The summed E-state index contributed by atoms with van der Waals surface area (Å²) in [6, 6.07) is 0. The van der Waals surface area contributed by atoms with Gasteiger partial charge >= 0.3 is 0 Å². The fourth-order valence-corrected chi connectivity index (χ4v) is 0.486. The Balaban J connectivity index is 2.80.